The molecule has 0 saturated heterocycles. The summed E-state index contributed by atoms with van der Waals surface area (Å²) in [5.41, 5.74) is 10.1. The van der Waals surface area contributed by atoms with Crippen molar-refractivity contribution in [2.75, 3.05) is 32.7 Å². The van der Waals surface area contributed by atoms with Gasteiger partial charge in [0.15, 0.2) is 5.78 Å². The molecule has 0 bridgehead atoms. The number of rotatable bonds is 22. The number of hydrogen-bond donors (Lipinski definition) is 9. The number of nitrogens with two attached hydrogens (primary N) is 2. The molecule has 0 aliphatic carbocycles. The van der Waals surface area contributed by atoms with E-state index in [0.717, 1.165) is 60.2 Å². The Balaban J connectivity index is 0. The molecule has 0 aliphatic rings. The van der Waals surface area contributed by atoms with Crippen molar-refractivity contribution >= 4 is 75.5 Å². The molecule has 526 valence electrons. The molecule has 0 saturated carbocycles. The van der Waals surface area contributed by atoms with Gasteiger partial charge in [0, 0.05) is 117 Å². The second kappa shape index (κ2) is 45.2. The number of carbonyl (C=O) groups excluding carboxylic acids is 6. The van der Waals surface area contributed by atoms with E-state index in [2.05, 4.69) is 16.0 Å². The number of carbonyl (C=O) groups is 6. The fourth-order valence-electron chi connectivity index (χ4n) is 7.11. The SMILES string of the molecule is CC(C)(C)OC(=O)CCCN.CC(C)(C)OC(=O)CCCNC(=O)c1cc([N+](=O)[O-])ccc1O.Cc1cc([N+](=O)[O-])ccc1Cl.Cc1cc([N+](=O)[O-])ccc1O.NCCNC(=O)c1cc([N+](=O)[O-])ccc1O.O=C(CCCNC(=O)c1cc([N+](=O)[O-])ccc1O)c1ccccc1.[Na+].[OH-]. The van der Waals surface area contributed by atoms with Crippen molar-refractivity contribution in [1.29, 1.82) is 0 Å². The summed E-state index contributed by atoms with van der Waals surface area (Å²) in [4.78, 5) is 119. The number of phenols is 4. The molecule has 0 radical (unpaired) electrons. The Kier molecular flexibility index (Phi) is 41.4. The van der Waals surface area contributed by atoms with Gasteiger partial charge >= 0.3 is 41.5 Å². The molecule has 0 aliphatic heterocycles. The van der Waals surface area contributed by atoms with Gasteiger partial charge in [0.05, 0.1) is 41.3 Å². The molecule has 6 rings (SSSR count). The van der Waals surface area contributed by atoms with Gasteiger partial charge in [-0.2, -0.15) is 0 Å². The smallest absolute Gasteiger partial charge is 0.870 e. The number of aromatic hydroxyl groups is 4. The molecule has 0 aromatic heterocycles. The van der Waals surface area contributed by atoms with Gasteiger partial charge < -0.3 is 62.8 Å². The van der Waals surface area contributed by atoms with E-state index >= 15 is 0 Å². The molecular weight excluding hydrogens is 1320 g/mol. The van der Waals surface area contributed by atoms with E-state index in [9.17, 15) is 94.7 Å². The topological polar surface area (TPSA) is 536 Å². The molecule has 98 heavy (non-hydrogen) atoms. The molecule has 0 spiro atoms. The summed E-state index contributed by atoms with van der Waals surface area (Å²) in [5.74, 6) is -3.32. The number of Topliss-reactive ketones (excluding diaryl/α,β-unsaturated/α-hetero) is 1. The van der Waals surface area contributed by atoms with Crippen molar-refractivity contribution in [2.24, 2.45) is 11.5 Å². The molecule has 0 unspecified atom stereocenters. The number of hydrogen-bond acceptors (Lipinski definition) is 25. The van der Waals surface area contributed by atoms with Gasteiger partial charge in [-0.3, -0.25) is 79.3 Å². The number of nitrogens with one attached hydrogen (secondary N) is 3. The largest absolute Gasteiger partial charge is 1.00 e. The summed E-state index contributed by atoms with van der Waals surface area (Å²) in [6.45, 7) is 15.6. The van der Waals surface area contributed by atoms with E-state index < -0.39 is 47.9 Å². The molecule has 12 N–H and O–H groups in total. The van der Waals surface area contributed by atoms with E-state index in [1.54, 1.807) is 58.9 Å². The zero-order valence-corrected chi connectivity index (χ0v) is 57.9. The third-order valence-electron chi connectivity index (χ3n) is 11.7. The summed E-state index contributed by atoms with van der Waals surface area (Å²) in [6.07, 6.45) is 2.32. The first-order valence-electron chi connectivity index (χ1n) is 28.9. The average molecular weight is 1400 g/mol. The molecule has 0 atom stereocenters. The van der Waals surface area contributed by atoms with Gasteiger partial charge in [-0.05, 0) is 123 Å². The van der Waals surface area contributed by atoms with Crippen LogP contribution in [0, 0.1) is 64.4 Å². The summed E-state index contributed by atoms with van der Waals surface area (Å²) >= 11 is 5.66. The second-order valence-electron chi connectivity index (χ2n) is 21.9. The molecular formula is C63H78ClN10NaO23. The number of benzene rings is 6. The number of non-ortho nitro benzene ring substituents is 5. The number of nitrogens with zero attached hydrogens (tertiary/aromatic N) is 5. The minimum Gasteiger partial charge on any atom is -0.870 e. The van der Waals surface area contributed by atoms with E-state index in [0.29, 0.717) is 48.4 Å². The Hall–Kier alpha value is -10.3. The van der Waals surface area contributed by atoms with Gasteiger partial charge in [-0.15, -0.1) is 0 Å². The van der Waals surface area contributed by atoms with Crippen LogP contribution in [0.2, 0.25) is 5.02 Å². The molecule has 3 amide bonds. The monoisotopic (exact) mass is 1400 g/mol. The van der Waals surface area contributed by atoms with Crippen molar-refractivity contribution in [3.05, 3.63) is 210 Å². The standard InChI is InChI=1S/C17H16N2O5.C15H20N2O6.C9H11N3O4.C8H17NO2.C7H6ClNO2.C7H7NO3.Na.H2O/c20-15(12-5-2-1-3-6-12)7-4-10-18-17(22)14-11-13(19(23)24)8-9-16(14)21;1-15(2,3)23-13(19)5-4-8-16-14(20)11-9-10(17(21)22)6-7-12(11)18;10-3-4-11-9(14)7-5-6(12(15)16)1-2-8(7)13;1-8(2,3)11-7(10)5-4-6-9;1-5-4-6(9(10)11)2-3-7(5)8;1-5-4-6(8(10)11)2-3-7(5)9;;/h1-3,5-6,8-9,11,21H,4,7,10H2,(H,18,22);6-7,9,18H,4-5,8H2,1-3H3,(H,16,20);1-2,5,13H,3-4,10H2,(H,11,14);4-6,9H2,1-3H3;2-4H,1H3;2-4,9H,1H3;;1H2/q;;;;;;+1;/p-1. The molecule has 33 nitrogen and oxygen atoms in total. The van der Waals surface area contributed by atoms with Gasteiger partial charge in [0.2, 0.25) is 0 Å². The minimum atomic E-state index is -0.654. The Morgan fingerprint density at radius 3 is 1.09 bits per heavy atom. The normalized spacial score (nSPS) is 10.1. The van der Waals surface area contributed by atoms with Crippen LogP contribution in [0.1, 0.15) is 133 Å². The number of phenolic OH excluding ortho intramolecular Hbond substituents is 4. The number of ether oxygens (including phenoxy) is 2. The fourth-order valence-corrected chi connectivity index (χ4v) is 7.23. The van der Waals surface area contributed by atoms with Crippen LogP contribution in [0.3, 0.4) is 0 Å². The van der Waals surface area contributed by atoms with Crippen LogP contribution in [0.4, 0.5) is 28.4 Å². The van der Waals surface area contributed by atoms with E-state index in [4.69, 9.17) is 37.6 Å². The molecule has 6 aromatic carbocycles. The third kappa shape index (κ3) is 36.0. The Bertz CT molecular complexity index is 3620. The Morgan fingerprint density at radius 2 is 0.765 bits per heavy atom. The molecule has 6 aromatic rings. The number of ketones is 1. The first-order valence-corrected chi connectivity index (χ1v) is 29.2. The van der Waals surface area contributed by atoms with E-state index in [1.807, 2.05) is 26.8 Å². The number of halogens is 1. The van der Waals surface area contributed by atoms with Gasteiger partial charge in [0.1, 0.15) is 34.2 Å². The fraction of sp³-hybridized carbons (Fsp3) is 0.333. The molecule has 35 heteroatoms. The Labute approximate surface area is 589 Å². The summed E-state index contributed by atoms with van der Waals surface area (Å²) in [5, 5.41) is 97.9. The maximum Gasteiger partial charge on any atom is 1.00 e. The second-order valence-corrected chi connectivity index (χ2v) is 22.3. The van der Waals surface area contributed by atoms with Crippen molar-refractivity contribution in [3.8, 4) is 23.0 Å². The van der Waals surface area contributed by atoms with Crippen LogP contribution < -0.4 is 57.0 Å². The predicted octanol–water partition coefficient (Wildman–Crippen LogP) is 6.89. The van der Waals surface area contributed by atoms with Crippen LogP contribution in [-0.4, -0.2) is 130 Å². The van der Waals surface area contributed by atoms with Crippen LogP contribution in [-0.2, 0) is 19.1 Å². The first kappa shape index (κ1) is 89.8. The maximum atomic E-state index is 12.0. The number of esters is 2. The number of amides is 3. The maximum absolute atomic E-state index is 12.0. The summed E-state index contributed by atoms with van der Waals surface area (Å²) < 4.78 is 10.2. The number of aryl methyl sites for hydroxylation is 2. The van der Waals surface area contributed by atoms with Crippen LogP contribution in [0.5, 0.6) is 23.0 Å². The van der Waals surface area contributed by atoms with Crippen LogP contribution in [0.15, 0.2) is 121 Å². The van der Waals surface area contributed by atoms with Crippen molar-refractivity contribution in [3.63, 3.8) is 0 Å². The number of nitro benzene ring substituents is 5. The summed E-state index contributed by atoms with van der Waals surface area (Å²) in [6, 6.07) is 26.8. The quantitative estimate of drug-likeness (QED) is 0.00833. The zero-order chi connectivity index (χ0) is 73.0. The van der Waals surface area contributed by atoms with E-state index in [1.165, 1.54) is 36.4 Å². The average Bonchev–Trinajstić information content (AvgIpc) is 0.864. The van der Waals surface area contributed by atoms with Gasteiger partial charge in [-0.25, -0.2) is 0 Å². The molecule has 0 heterocycles. The predicted molar refractivity (Wildman–Crippen MR) is 354 cm³/mol. The van der Waals surface area contributed by atoms with Crippen molar-refractivity contribution in [1.82, 2.24) is 16.0 Å². The van der Waals surface area contributed by atoms with Crippen LogP contribution in [0.25, 0.3) is 0 Å². The zero-order valence-electron chi connectivity index (χ0n) is 55.2. The summed E-state index contributed by atoms with van der Waals surface area (Å²) in [7, 11) is 0. The van der Waals surface area contributed by atoms with Crippen molar-refractivity contribution in [2.45, 2.75) is 105 Å². The number of nitro groups is 5. The Morgan fingerprint density at radius 1 is 0.449 bits per heavy atom. The van der Waals surface area contributed by atoms with Crippen molar-refractivity contribution < 1.29 is 118 Å². The van der Waals surface area contributed by atoms with Crippen LogP contribution >= 0.6 is 11.6 Å². The van der Waals surface area contributed by atoms with E-state index in [-0.39, 0.29) is 166 Å². The third-order valence-corrected chi connectivity index (χ3v) is 12.1. The minimum absolute atomic E-state index is 0. The van der Waals surface area contributed by atoms with Gasteiger partial charge in [-0.1, -0.05) is 41.9 Å². The first-order chi connectivity index (χ1) is 44.8. The molecule has 0 fully saturated rings. The van der Waals surface area contributed by atoms with Gasteiger partial charge in [0.25, 0.3) is 46.2 Å².